The fourth-order valence-electron chi connectivity index (χ4n) is 9.42. The van der Waals surface area contributed by atoms with Crippen LogP contribution in [0, 0.1) is 0 Å². The second kappa shape index (κ2) is 19.1. The summed E-state index contributed by atoms with van der Waals surface area (Å²) in [5.41, 5.74) is 1.15. The standard InChI is InChI=1S/C44H50N2O17S5/c1-43(2)38(45(22-10-24-64(49,50)51)35-20-18-32-34(41(35)43)27-31(67(58,59)60)28-37(32)68(61,62)63)12-6-4-7-13-39-44(3,21-9-5-8-14-40(47)48)42-33-26-30(66(55,56)57)17-15-29(33)16-19-36(42)46(39)23-11-25-65(52,53)54/h4,6-7,12-13,15-20,26-28H,5,8-11,14,21-25H2,1-3H3,(H5-,47,48,49,50,51,52,53,54,55,56,57,58,59,60,61,62,63)/p+1. The molecule has 68 heavy (non-hydrogen) atoms. The third-order valence-corrected chi connectivity index (χ3v) is 16.5. The highest BCUT2D eigenvalue weighted by molar-refractivity contribution is 7.87. The van der Waals surface area contributed by atoms with Crippen LogP contribution >= 0.6 is 0 Å². The highest BCUT2D eigenvalue weighted by Crippen LogP contribution is 2.54. The van der Waals surface area contributed by atoms with E-state index in [4.69, 9.17) is 0 Å². The Bertz CT molecular complexity index is 3430. The number of anilines is 1. The summed E-state index contributed by atoms with van der Waals surface area (Å²) in [5, 5.41) is 10.4. The predicted octanol–water partition coefficient (Wildman–Crippen LogP) is 6.47. The molecule has 24 heteroatoms. The van der Waals surface area contributed by atoms with Gasteiger partial charge in [0, 0.05) is 59.3 Å². The zero-order valence-electron chi connectivity index (χ0n) is 37.0. The Kier molecular flexibility index (Phi) is 14.8. The van der Waals surface area contributed by atoms with Crippen LogP contribution in [0.1, 0.15) is 76.8 Å². The van der Waals surface area contributed by atoms with Crippen LogP contribution in [-0.2, 0) is 66.2 Å². The Hall–Kier alpha value is -4.89. The first-order valence-electron chi connectivity index (χ1n) is 21.1. The molecule has 0 saturated carbocycles. The molecular weight excluding hydrogens is 989 g/mol. The van der Waals surface area contributed by atoms with E-state index in [1.807, 2.05) is 11.8 Å². The van der Waals surface area contributed by atoms with Crippen LogP contribution in [0.2, 0.25) is 0 Å². The van der Waals surface area contributed by atoms with Gasteiger partial charge in [-0.15, -0.1) is 0 Å². The molecule has 1 unspecified atom stereocenters. The minimum atomic E-state index is -5.04. The van der Waals surface area contributed by atoms with Gasteiger partial charge < -0.3 is 10.0 Å². The number of carboxylic acid groups (broad SMARTS) is 1. The van der Waals surface area contributed by atoms with Crippen molar-refractivity contribution in [3.05, 3.63) is 102 Å². The van der Waals surface area contributed by atoms with E-state index in [0.717, 1.165) is 6.07 Å². The lowest BCUT2D eigenvalue weighted by molar-refractivity contribution is -0.437. The van der Waals surface area contributed by atoms with Gasteiger partial charge in [-0.25, -0.2) is 0 Å². The van der Waals surface area contributed by atoms with Gasteiger partial charge in [-0.1, -0.05) is 43.2 Å². The van der Waals surface area contributed by atoms with Crippen molar-refractivity contribution >= 4 is 95.2 Å². The van der Waals surface area contributed by atoms with E-state index in [2.05, 4.69) is 0 Å². The van der Waals surface area contributed by atoms with E-state index in [0.29, 0.717) is 76.4 Å². The number of unbranched alkanes of at least 4 members (excludes halogenated alkanes) is 2. The maximum Gasteiger partial charge on any atom is 0.303 e. The van der Waals surface area contributed by atoms with Crippen molar-refractivity contribution in [2.45, 2.75) is 91.2 Å². The van der Waals surface area contributed by atoms with Gasteiger partial charge in [0.05, 0.1) is 26.7 Å². The average Bonchev–Trinajstić information content (AvgIpc) is 3.57. The van der Waals surface area contributed by atoms with Gasteiger partial charge in [0.2, 0.25) is 5.69 Å². The van der Waals surface area contributed by atoms with Crippen LogP contribution in [-0.4, -0.2) is 111 Å². The summed E-state index contributed by atoms with van der Waals surface area (Å²) in [6.07, 6.45) is 10.1. The van der Waals surface area contributed by atoms with Gasteiger partial charge in [-0.2, -0.15) is 46.7 Å². The number of hydrogen-bond acceptors (Lipinski definition) is 12. The molecule has 0 amide bonds. The highest BCUT2D eigenvalue weighted by atomic mass is 32.2. The van der Waals surface area contributed by atoms with Crippen LogP contribution in [0.25, 0.3) is 21.5 Å². The van der Waals surface area contributed by atoms with Gasteiger partial charge in [-0.05, 0) is 104 Å². The number of nitrogens with zero attached hydrogens (tertiary/aromatic N) is 2. The van der Waals surface area contributed by atoms with E-state index in [9.17, 15) is 74.8 Å². The molecule has 0 saturated heterocycles. The summed E-state index contributed by atoms with van der Waals surface area (Å²) in [6, 6.07) is 12.3. The highest BCUT2D eigenvalue weighted by Gasteiger charge is 2.47. The first-order chi connectivity index (χ1) is 31.3. The summed E-state index contributed by atoms with van der Waals surface area (Å²) >= 11 is 0. The molecule has 0 fully saturated rings. The van der Waals surface area contributed by atoms with Crippen molar-refractivity contribution in [2.75, 3.05) is 29.5 Å². The molecule has 6 rings (SSSR count). The number of hydrogen-bond donors (Lipinski definition) is 6. The number of aliphatic carboxylic acids is 1. The van der Waals surface area contributed by atoms with Crippen LogP contribution in [0.3, 0.4) is 0 Å². The van der Waals surface area contributed by atoms with Crippen molar-refractivity contribution in [3.63, 3.8) is 0 Å². The van der Waals surface area contributed by atoms with Gasteiger partial charge >= 0.3 is 5.97 Å². The minimum Gasteiger partial charge on any atom is -0.481 e. The second-order valence-corrected chi connectivity index (χ2v) is 24.8. The maximum atomic E-state index is 12.5. The molecule has 2 aliphatic heterocycles. The van der Waals surface area contributed by atoms with Crippen molar-refractivity contribution in [1.82, 2.24) is 0 Å². The molecule has 0 aliphatic carbocycles. The molecule has 2 aliphatic rings. The van der Waals surface area contributed by atoms with Crippen molar-refractivity contribution < 1.29 is 79.3 Å². The molecule has 0 spiro atoms. The minimum absolute atomic E-state index is 0.00678. The lowest BCUT2D eigenvalue weighted by atomic mass is 9.75. The first-order valence-corrected chi connectivity index (χ1v) is 28.6. The smallest absolute Gasteiger partial charge is 0.303 e. The summed E-state index contributed by atoms with van der Waals surface area (Å²) < 4.78 is 173. The van der Waals surface area contributed by atoms with Crippen molar-refractivity contribution in [2.24, 2.45) is 0 Å². The number of carbonyl (C=O) groups is 1. The van der Waals surface area contributed by atoms with Gasteiger partial charge in [0.25, 0.3) is 50.6 Å². The zero-order valence-corrected chi connectivity index (χ0v) is 41.1. The molecule has 6 N–H and O–H groups in total. The SMILES string of the molecule is CC1(C)C(/C=C/C=C/C=C2/N(CCCS(=O)(=O)O)c3ccc4ccc(S(=O)(=O)O)cc4c3C2(C)CCCCCC(=O)O)=[N+](CCCS(=O)(=O)O)c2ccc3c(S(=O)(=O)O)cc(S(=O)(=O)O)cc3c21. The van der Waals surface area contributed by atoms with E-state index in [1.165, 1.54) is 24.3 Å². The Morgan fingerprint density at radius 2 is 1.28 bits per heavy atom. The molecule has 1 atom stereocenters. The molecule has 0 radical (unpaired) electrons. The second-order valence-electron chi connectivity index (χ2n) is 17.4. The Labute approximate surface area is 394 Å². The molecule has 19 nitrogen and oxygen atoms in total. The molecule has 0 aromatic heterocycles. The van der Waals surface area contributed by atoms with Crippen LogP contribution in [0.15, 0.2) is 105 Å². The molecule has 368 valence electrons. The van der Waals surface area contributed by atoms with E-state index >= 15 is 0 Å². The van der Waals surface area contributed by atoms with Crippen LogP contribution in [0.5, 0.6) is 0 Å². The van der Waals surface area contributed by atoms with Crippen LogP contribution < -0.4 is 4.90 Å². The Morgan fingerprint density at radius 3 is 1.90 bits per heavy atom. The number of rotatable bonds is 20. The third-order valence-electron chi connectivity index (χ3n) is 12.3. The van der Waals surface area contributed by atoms with E-state index in [1.54, 1.807) is 67.0 Å². The average molecular weight is 1040 g/mol. The monoisotopic (exact) mass is 1040 g/mol. The zero-order chi connectivity index (χ0) is 50.4. The largest absolute Gasteiger partial charge is 0.481 e. The van der Waals surface area contributed by atoms with Gasteiger partial charge in [-0.3, -0.25) is 27.6 Å². The normalized spacial score (nSPS) is 18.5. The quantitative estimate of drug-likeness (QED) is 0.0239. The van der Waals surface area contributed by atoms with Crippen molar-refractivity contribution in [1.29, 1.82) is 0 Å². The Morgan fingerprint density at radius 1 is 0.647 bits per heavy atom. The van der Waals surface area contributed by atoms with E-state index in [-0.39, 0.29) is 48.0 Å². The predicted molar refractivity (Wildman–Crippen MR) is 254 cm³/mol. The van der Waals surface area contributed by atoms with Crippen LogP contribution in [0.4, 0.5) is 11.4 Å². The fourth-order valence-corrected chi connectivity index (χ4v) is 12.3. The third kappa shape index (κ3) is 11.4. The number of carboxylic acids is 1. The maximum absolute atomic E-state index is 12.5. The number of allylic oxidation sites excluding steroid dienone is 6. The molecular formula is C44H51N2O17S5+. The summed E-state index contributed by atoms with van der Waals surface area (Å²) in [7, 11) is -23.5. The Balaban J connectivity index is 1.49. The van der Waals surface area contributed by atoms with Crippen molar-refractivity contribution in [3.8, 4) is 0 Å². The molecule has 0 bridgehead atoms. The lowest BCUT2D eigenvalue weighted by Crippen LogP contribution is -2.30. The lowest BCUT2D eigenvalue weighted by Gasteiger charge is -2.31. The number of benzene rings is 4. The molecule has 2 heterocycles. The molecule has 4 aromatic carbocycles. The first kappa shape index (κ1) is 52.5. The van der Waals surface area contributed by atoms with Gasteiger partial charge in [0.1, 0.15) is 11.4 Å². The van der Waals surface area contributed by atoms with E-state index < -0.39 is 88.7 Å². The topological polar surface area (TPSA) is 315 Å². The summed E-state index contributed by atoms with van der Waals surface area (Å²) in [6.45, 7) is 5.48. The summed E-state index contributed by atoms with van der Waals surface area (Å²) in [4.78, 5) is 11.2. The number of fused-ring (bicyclic) bond motifs is 6. The summed E-state index contributed by atoms with van der Waals surface area (Å²) in [5.74, 6) is -2.14. The fraction of sp³-hybridized carbons (Fsp3) is 0.364. The molecule has 4 aromatic rings. The van der Waals surface area contributed by atoms with Gasteiger partial charge in [0.15, 0.2) is 5.71 Å².